The zero-order chi connectivity index (χ0) is 21.3. The fourth-order valence-corrected chi connectivity index (χ4v) is 3.32. The zero-order valence-electron chi connectivity index (χ0n) is 17.0. The van der Waals surface area contributed by atoms with Gasteiger partial charge in [0.1, 0.15) is 12.3 Å². The van der Waals surface area contributed by atoms with E-state index in [9.17, 15) is 4.79 Å². The molecule has 30 heavy (non-hydrogen) atoms. The highest BCUT2D eigenvalue weighted by Gasteiger charge is 2.22. The number of hydrogen-bond acceptors (Lipinski definition) is 8. The quantitative estimate of drug-likeness (QED) is 0.589. The minimum absolute atomic E-state index is 0.105. The summed E-state index contributed by atoms with van der Waals surface area (Å²) in [4.78, 5) is 25.3. The van der Waals surface area contributed by atoms with E-state index < -0.39 is 0 Å². The van der Waals surface area contributed by atoms with Crippen LogP contribution in [0, 0.1) is 11.3 Å². The van der Waals surface area contributed by atoms with Gasteiger partial charge in [-0.05, 0) is 18.1 Å². The lowest BCUT2D eigenvalue weighted by Gasteiger charge is -2.24. The second kappa shape index (κ2) is 10.7. The summed E-state index contributed by atoms with van der Waals surface area (Å²) in [6.07, 6.45) is 13.0. The Labute approximate surface area is 175 Å². The highest BCUT2D eigenvalue weighted by molar-refractivity contribution is 5.88. The van der Waals surface area contributed by atoms with Crippen molar-refractivity contribution in [3.05, 3.63) is 52.0 Å². The van der Waals surface area contributed by atoms with Crippen LogP contribution in [0.3, 0.4) is 0 Å². The number of ether oxygens (including phenoxy) is 1. The van der Waals surface area contributed by atoms with Gasteiger partial charge in [-0.1, -0.05) is 18.2 Å². The minimum Gasteiger partial charge on any atom is -0.366 e. The van der Waals surface area contributed by atoms with Crippen LogP contribution in [0.2, 0.25) is 0 Å². The third kappa shape index (κ3) is 5.52. The molecule has 0 saturated carbocycles. The normalized spacial score (nSPS) is 24.2. The average Bonchev–Trinajstić information content (AvgIpc) is 2.78. The summed E-state index contributed by atoms with van der Waals surface area (Å²) >= 11 is 0. The van der Waals surface area contributed by atoms with E-state index in [1.807, 2.05) is 6.08 Å². The Morgan fingerprint density at radius 2 is 2.20 bits per heavy atom. The molecule has 1 aliphatic heterocycles. The summed E-state index contributed by atoms with van der Waals surface area (Å²) in [5.74, 6) is -0.251. The van der Waals surface area contributed by atoms with E-state index in [1.54, 1.807) is 31.8 Å². The predicted octanol–water partition coefficient (Wildman–Crippen LogP) is 1.00. The first-order valence-electron chi connectivity index (χ1n) is 9.91. The van der Waals surface area contributed by atoms with Crippen molar-refractivity contribution >= 4 is 24.9 Å². The fourth-order valence-electron chi connectivity index (χ4n) is 3.32. The molecule has 158 valence electrons. The molecule has 0 amide bonds. The zero-order valence-corrected chi connectivity index (χ0v) is 17.0. The van der Waals surface area contributed by atoms with Crippen LogP contribution in [0.1, 0.15) is 18.0 Å². The van der Waals surface area contributed by atoms with Gasteiger partial charge in [0.25, 0.3) is 5.56 Å². The molecule has 9 nitrogen and oxygen atoms in total. The molecule has 2 heterocycles. The third-order valence-electron chi connectivity index (χ3n) is 4.80. The summed E-state index contributed by atoms with van der Waals surface area (Å²) in [5.41, 5.74) is 6.84. The third-order valence-corrected chi connectivity index (χ3v) is 4.80. The Bertz CT molecular complexity index is 931. The maximum absolute atomic E-state index is 12.3. The number of hydrogen-bond donors (Lipinski definition) is 2. The maximum Gasteiger partial charge on any atom is 0.267 e. The topological polar surface area (TPSA) is 131 Å². The molecule has 0 radical (unpaired) electrons. The van der Waals surface area contributed by atoms with E-state index in [-0.39, 0.29) is 29.7 Å². The van der Waals surface area contributed by atoms with E-state index in [0.717, 1.165) is 12.0 Å². The molecule has 0 saturated heterocycles. The Balaban J connectivity index is 1.72. The van der Waals surface area contributed by atoms with Crippen molar-refractivity contribution in [2.75, 3.05) is 20.2 Å². The molecule has 2 aliphatic rings. The van der Waals surface area contributed by atoms with E-state index in [4.69, 9.17) is 15.9 Å². The summed E-state index contributed by atoms with van der Waals surface area (Å²) in [6, 6.07) is 3.11. The van der Waals surface area contributed by atoms with Gasteiger partial charge in [-0.3, -0.25) is 19.8 Å². The minimum atomic E-state index is -0.356. The molecule has 0 spiro atoms. The Morgan fingerprint density at radius 3 is 2.90 bits per heavy atom. The SMILES string of the molecule is CN=CC(C=N)c1ccc(=O)n(CC2=CC(C3N=CC(OCCN)C=N3)CC=C2)n1. The van der Waals surface area contributed by atoms with Crippen LogP contribution < -0.4 is 11.3 Å². The Hall–Kier alpha value is -3.04. The molecule has 3 rings (SSSR count). The number of rotatable bonds is 9. The molecule has 2 atom stereocenters. The molecule has 0 fully saturated rings. The number of nitrogens with one attached hydrogen (secondary N) is 1. The lowest BCUT2D eigenvalue weighted by atomic mass is 9.93. The first kappa shape index (κ1) is 21.7. The summed E-state index contributed by atoms with van der Waals surface area (Å²) in [7, 11) is 1.65. The highest BCUT2D eigenvalue weighted by atomic mass is 16.5. The second-order valence-electron chi connectivity index (χ2n) is 7.03. The molecule has 2 unspecified atom stereocenters. The summed E-state index contributed by atoms with van der Waals surface area (Å²) in [6.45, 7) is 1.27. The average molecular weight is 409 g/mol. The van der Waals surface area contributed by atoms with E-state index in [2.05, 4.69) is 32.2 Å². The Kier molecular flexibility index (Phi) is 7.69. The fraction of sp³-hybridized carbons (Fsp3) is 0.429. The smallest absolute Gasteiger partial charge is 0.267 e. The van der Waals surface area contributed by atoms with E-state index in [1.165, 1.54) is 17.0 Å². The molecule has 3 N–H and O–H groups in total. The lowest BCUT2D eigenvalue weighted by molar-refractivity contribution is 0.149. The van der Waals surface area contributed by atoms with Gasteiger partial charge >= 0.3 is 0 Å². The van der Waals surface area contributed by atoms with Crippen molar-refractivity contribution in [2.45, 2.75) is 31.2 Å². The van der Waals surface area contributed by atoms with E-state index in [0.29, 0.717) is 25.4 Å². The van der Waals surface area contributed by atoms with Gasteiger partial charge in [0, 0.05) is 50.4 Å². The summed E-state index contributed by atoms with van der Waals surface area (Å²) in [5, 5.41) is 12.0. The van der Waals surface area contributed by atoms with Crippen LogP contribution in [-0.2, 0) is 11.3 Å². The molecular formula is C21H27N7O2. The first-order chi connectivity index (χ1) is 14.6. The van der Waals surface area contributed by atoms with Crippen molar-refractivity contribution in [1.29, 1.82) is 5.41 Å². The number of nitrogens with zero attached hydrogens (tertiary/aromatic N) is 5. The van der Waals surface area contributed by atoms with Crippen LogP contribution in [0.15, 0.2) is 55.7 Å². The molecule has 1 aromatic heterocycles. The standard InChI is InChI=1S/C21H27N7O2/c1-24-11-17(10-23)19-5-6-20(29)28(27-19)14-15-3-2-4-16(9-15)21-25-12-18(13-26-21)30-8-7-22/h2-3,5-6,9-13,16-18,21,23H,4,7-8,14,22H2,1H3. The van der Waals surface area contributed by atoms with Crippen LogP contribution >= 0.6 is 0 Å². The predicted molar refractivity (Wildman–Crippen MR) is 119 cm³/mol. The molecule has 0 bridgehead atoms. The highest BCUT2D eigenvalue weighted by Crippen LogP contribution is 2.24. The monoisotopic (exact) mass is 409 g/mol. The van der Waals surface area contributed by atoms with Crippen LogP contribution in [0.5, 0.6) is 0 Å². The molecule has 1 aromatic rings. The van der Waals surface area contributed by atoms with Gasteiger partial charge in [-0.15, -0.1) is 0 Å². The lowest BCUT2D eigenvalue weighted by Crippen LogP contribution is -2.29. The van der Waals surface area contributed by atoms with Gasteiger partial charge in [0.05, 0.1) is 24.8 Å². The molecule has 0 aromatic carbocycles. The molecular weight excluding hydrogens is 382 g/mol. The second-order valence-corrected chi connectivity index (χ2v) is 7.03. The number of aromatic nitrogens is 2. The number of allylic oxidation sites excluding steroid dienone is 3. The van der Waals surface area contributed by atoms with Crippen molar-refractivity contribution in [2.24, 2.45) is 26.6 Å². The van der Waals surface area contributed by atoms with Gasteiger partial charge in [-0.2, -0.15) is 5.10 Å². The van der Waals surface area contributed by atoms with Crippen molar-refractivity contribution < 1.29 is 4.74 Å². The van der Waals surface area contributed by atoms with E-state index >= 15 is 0 Å². The Morgan fingerprint density at radius 1 is 1.40 bits per heavy atom. The maximum atomic E-state index is 12.3. The largest absolute Gasteiger partial charge is 0.366 e. The van der Waals surface area contributed by atoms with Crippen LogP contribution in [0.25, 0.3) is 0 Å². The van der Waals surface area contributed by atoms with Gasteiger partial charge in [-0.25, -0.2) is 4.68 Å². The number of nitrogens with two attached hydrogens (primary N) is 1. The number of aliphatic imine (C=N–C) groups is 3. The van der Waals surface area contributed by atoms with Crippen molar-refractivity contribution in [3.8, 4) is 0 Å². The first-order valence-corrected chi connectivity index (χ1v) is 9.91. The van der Waals surface area contributed by atoms with Crippen LogP contribution in [-0.4, -0.2) is 67.1 Å². The van der Waals surface area contributed by atoms with Gasteiger partial charge in [0.2, 0.25) is 0 Å². The molecule has 9 heteroatoms. The van der Waals surface area contributed by atoms with Crippen LogP contribution in [0.4, 0.5) is 0 Å². The van der Waals surface area contributed by atoms with Gasteiger partial charge in [0.15, 0.2) is 0 Å². The van der Waals surface area contributed by atoms with Crippen molar-refractivity contribution in [3.63, 3.8) is 0 Å². The van der Waals surface area contributed by atoms with Gasteiger partial charge < -0.3 is 15.9 Å². The summed E-state index contributed by atoms with van der Waals surface area (Å²) < 4.78 is 6.93. The molecule has 1 aliphatic carbocycles. The van der Waals surface area contributed by atoms with Crippen molar-refractivity contribution in [1.82, 2.24) is 9.78 Å².